The third kappa shape index (κ3) is 3.11. The van der Waals surface area contributed by atoms with Crippen LogP contribution in [0.25, 0.3) is 0 Å². The minimum absolute atomic E-state index is 0.775. The van der Waals surface area contributed by atoms with Gasteiger partial charge in [0.25, 0.3) is 0 Å². The van der Waals surface area contributed by atoms with E-state index in [9.17, 15) is 0 Å². The number of hydrogen-bond acceptors (Lipinski definition) is 3. The fourth-order valence-electron chi connectivity index (χ4n) is 2.69. The van der Waals surface area contributed by atoms with E-state index in [0.717, 1.165) is 31.4 Å². The Bertz CT molecular complexity index is 335. The molecule has 1 aliphatic heterocycles. The van der Waals surface area contributed by atoms with Crippen LogP contribution in [0.3, 0.4) is 0 Å². The molecule has 1 saturated heterocycles. The molecule has 1 aromatic rings. The van der Waals surface area contributed by atoms with Crippen LogP contribution >= 0.6 is 0 Å². The van der Waals surface area contributed by atoms with Crippen molar-refractivity contribution in [2.45, 2.75) is 52.2 Å². The predicted molar refractivity (Wildman–Crippen MR) is 69.8 cm³/mol. The Morgan fingerprint density at radius 2 is 2.35 bits per heavy atom. The molecule has 2 heterocycles. The van der Waals surface area contributed by atoms with E-state index in [1.165, 1.54) is 31.4 Å². The first-order valence-electron chi connectivity index (χ1n) is 6.85. The first-order chi connectivity index (χ1) is 8.35. The second-order valence-electron chi connectivity index (χ2n) is 4.82. The molecule has 0 bridgehead atoms. The molecule has 1 atom stereocenters. The molecular weight excluding hydrogens is 212 g/mol. The molecular formula is C14H24N2O. The number of furan rings is 1. The summed E-state index contributed by atoms with van der Waals surface area (Å²) in [4.78, 5) is 2.60. The Morgan fingerprint density at radius 3 is 3.12 bits per heavy atom. The van der Waals surface area contributed by atoms with Crippen molar-refractivity contribution in [2.24, 2.45) is 0 Å². The molecule has 2 rings (SSSR count). The van der Waals surface area contributed by atoms with Gasteiger partial charge in [0.2, 0.25) is 0 Å². The topological polar surface area (TPSA) is 28.4 Å². The molecule has 1 aliphatic rings. The van der Waals surface area contributed by atoms with E-state index >= 15 is 0 Å². The lowest BCUT2D eigenvalue weighted by atomic mass is 10.1. The molecule has 0 amide bonds. The highest BCUT2D eigenvalue weighted by molar-refractivity contribution is 5.17. The minimum Gasteiger partial charge on any atom is -0.468 e. The lowest BCUT2D eigenvalue weighted by Gasteiger charge is -2.23. The molecule has 1 N–H and O–H groups in total. The first-order valence-corrected chi connectivity index (χ1v) is 6.85. The summed E-state index contributed by atoms with van der Waals surface area (Å²) in [6.45, 7) is 8.54. The molecule has 96 valence electrons. The van der Waals surface area contributed by atoms with Crippen molar-refractivity contribution in [2.75, 3.05) is 13.1 Å². The van der Waals surface area contributed by atoms with Crippen molar-refractivity contribution in [1.29, 1.82) is 0 Å². The van der Waals surface area contributed by atoms with Gasteiger partial charge in [0, 0.05) is 18.2 Å². The van der Waals surface area contributed by atoms with Crippen molar-refractivity contribution >= 4 is 0 Å². The maximum Gasteiger partial charge on any atom is 0.122 e. The number of hydrogen-bond donors (Lipinski definition) is 1. The fraction of sp³-hybridized carbons (Fsp3) is 0.714. The fourth-order valence-corrected chi connectivity index (χ4v) is 2.69. The zero-order chi connectivity index (χ0) is 12.1. The second kappa shape index (κ2) is 6.22. The van der Waals surface area contributed by atoms with Crippen LogP contribution in [-0.4, -0.2) is 24.0 Å². The predicted octanol–water partition coefficient (Wildman–Crippen LogP) is 2.76. The summed E-state index contributed by atoms with van der Waals surface area (Å²) in [7, 11) is 0. The van der Waals surface area contributed by atoms with Gasteiger partial charge in [-0.2, -0.15) is 0 Å². The van der Waals surface area contributed by atoms with Gasteiger partial charge in [-0.15, -0.1) is 0 Å². The van der Waals surface area contributed by atoms with Crippen molar-refractivity contribution in [3.8, 4) is 0 Å². The average Bonchev–Trinajstić information content (AvgIpc) is 2.96. The largest absolute Gasteiger partial charge is 0.468 e. The lowest BCUT2D eigenvalue weighted by molar-refractivity contribution is 0.238. The van der Waals surface area contributed by atoms with E-state index < -0.39 is 0 Å². The summed E-state index contributed by atoms with van der Waals surface area (Å²) in [5, 5.41) is 3.33. The summed E-state index contributed by atoms with van der Waals surface area (Å²) >= 11 is 0. The number of rotatable bonds is 6. The van der Waals surface area contributed by atoms with Gasteiger partial charge in [0.05, 0.1) is 12.8 Å². The molecule has 0 aromatic carbocycles. The standard InChI is InChI=1S/C14H24N2O/c1-3-13-6-5-8-16(13)11-12-7-9-17-14(12)10-15-4-2/h7,9,13,15H,3-6,8,10-11H2,1-2H3. The highest BCUT2D eigenvalue weighted by atomic mass is 16.3. The van der Waals surface area contributed by atoms with Crippen LogP contribution in [0.4, 0.5) is 0 Å². The van der Waals surface area contributed by atoms with Crippen molar-refractivity contribution in [3.05, 3.63) is 23.7 Å². The molecule has 0 spiro atoms. The number of nitrogens with zero attached hydrogens (tertiary/aromatic N) is 1. The maximum absolute atomic E-state index is 5.56. The van der Waals surface area contributed by atoms with Crippen LogP contribution in [0, 0.1) is 0 Å². The Kier molecular flexibility index (Phi) is 4.63. The summed E-state index contributed by atoms with van der Waals surface area (Å²) < 4.78 is 5.56. The van der Waals surface area contributed by atoms with Gasteiger partial charge in [0.1, 0.15) is 5.76 Å². The van der Waals surface area contributed by atoms with Crippen LogP contribution in [0.1, 0.15) is 44.4 Å². The van der Waals surface area contributed by atoms with Crippen molar-refractivity contribution in [3.63, 3.8) is 0 Å². The van der Waals surface area contributed by atoms with E-state index in [-0.39, 0.29) is 0 Å². The van der Waals surface area contributed by atoms with Gasteiger partial charge in [0.15, 0.2) is 0 Å². The summed E-state index contributed by atoms with van der Waals surface area (Å²) in [6, 6.07) is 2.90. The van der Waals surface area contributed by atoms with Crippen LogP contribution in [0.5, 0.6) is 0 Å². The Balaban J connectivity index is 1.95. The zero-order valence-corrected chi connectivity index (χ0v) is 11.0. The summed E-state index contributed by atoms with van der Waals surface area (Å²) in [6.07, 6.45) is 5.79. The molecule has 1 unspecified atom stereocenters. The molecule has 1 aromatic heterocycles. The quantitative estimate of drug-likeness (QED) is 0.823. The van der Waals surface area contributed by atoms with E-state index in [1.54, 1.807) is 0 Å². The third-order valence-corrected chi connectivity index (χ3v) is 3.72. The monoisotopic (exact) mass is 236 g/mol. The number of likely N-dealkylation sites (tertiary alicyclic amines) is 1. The molecule has 0 aliphatic carbocycles. The van der Waals surface area contributed by atoms with E-state index in [1.807, 2.05) is 6.26 Å². The van der Waals surface area contributed by atoms with Crippen LogP contribution < -0.4 is 5.32 Å². The van der Waals surface area contributed by atoms with Crippen molar-refractivity contribution in [1.82, 2.24) is 10.2 Å². The SMILES string of the molecule is CCNCc1occc1CN1CCCC1CC. The van der Waals surface area contributed by atoms with Crippen LogP contribution in [-0.2, 0) is 13.1 Å². The van der Waals surface area contributed by atoms with Crippen molar-refractivity contribution < 1.29 is 4.42 Å². The maximum atomic E-state index is 5.56. The molecule has 1 fully saturated rings. The van der Waals surface area contributed by atoms with Gasteiger partial charge < -0.3 is 9.73 Å². The van der Waals surface area contributed by atoms with Gasteiger partial charge in [-0.1, -0.05) is 13.8 Å². The Hall–Kier alpha value is -0.800. The van der Waals surface area contributed by atoms with Crippen LogP contribution in [0.15, 0.2) is 16.7 Å². The minimum atomic E-state index is 0.775. The van der Waals surface area contributed by atoms with Gasteiger partial charge in [-0.3, -0.25) is 4.90 Å². The Morgan fingerprint density at radius 1 is 1.47 bits per heavy atom. The summed E-state index contributed by atoms with van der Waals surface area (Å²) in [5.74, 6) is 1.11. The normalized spacial score (nSPS) is 21.2. The molecule has 0 radical (unpaired) electrons. The molecule has 3 nitrogen and oxygen atoms in total. The van der Waals surface area contributed by atoms with Gasteiger partial charge in [-0.05, 0) is 38.4 Å². The molecule has 0 saturated carbocycles. The summed E-state index contributed by atoms with van der Waals surface area (Å²) in [5.41, 5.74) is 1.35. The highest BCUT2D eigenvalue weighted by Gasteiger charge is 2.23. The zero-order valence-electron chi connectivity index (χ0n) is 11.0. The average molecular weight is 236 g/mol. The third-order valence-electron chi connectivity index (χ3n) is 3.72. The van der Waals surface area contributed by atoms with Gasteiger partial charge >= 0.3 is 0 Å². The molecule has 17 heavy (non-hydrogen) atoms. The molecule has 3 heteroatoms. The highest BCUT2D eigenvalue weighted by Crippen LogP contribution is 2.23. The second-order valence-corrected chi connectivity index (χ2v) is 4.82. The number of nitrogens with one attached hydrogen (secondary N) is 1. The van der Waals surface area contributed by atoms with E-state index in [0.29, 0.717) is 0 Å². The van der Waals surface area contributed by atoms with E-state index in [4.69, 9.17) is 4.42 Å². The smallest absolute Gasteiger partial charge is 0.122 e. The Labute approximate surface area is 104 Å². The van der Waals surface area contributed by atoms with Gasteiger partial charge in [-0.25, -0.2) is 0 Å². The first kappa shape index (κ1) is 12.7. The lowest BCUT2D eigenvalue weighted by Crippen LogP contribution is -2.28. The van der Waals surface area contributed by atoms with E-state index in [2.05, 4.69) is 30.1 Å². The van der Waals surface area contributed by atoms with Crippen LogP contribution in [0.2, 0.25) is 0 Å².